The minimum Gasteiger partial charge on any atom is -0.392 e. The summed E-state index contributed by atoms with van der Waals surface area (Å²) in [5.41, 5.74) is 1.01. The minimum absolute atomic E-state index is 0.185. The van der Waals surface area contributed by atoms with Crippen molar-refractivity contribution in [2.75, 3.05) is 0 Å². The van der Waals surface area contributed by atoms with Gasteiger partial charge in [-0.1, -0.05) is 15.9 Å². The SMILES string of the molecule is OCc1c(CBr)cc(C(F)F)nc1I. The molecule has 2 nitrogen and oxygen atoms in total. The summed E-state index contributed by atoms with van der Waals surface area (Å²) in [6, 6.07) is 1.31. The Bertz CT molecular complexity index is 335. The Hall–Kier alpha value is 0.180. The average Bonchev–Trinajstić information content (AvgIpc) is 2.16. The highest BCUT2D eigenvalue weighted by molar-refractivity contribution is 14.1. The van der Waals surface area contributed by atoms with Crippen LogP contribution in [0.15, 0.2) is 6.07 Å². The highest BCUT2D eigenvalue weighted by atomic mass is 127. The Balaban J connectivity index is 3.24. The second kappa shape index (κ2) is 5.32. The summed E-state index contributed by atoms with van der Waals surface area (Å²) >= 11 is 5.02. The lowest BCUT2D eigenvalue weighted by molar-refractivity contribution is 0.145. The predicted molar refractivity (Wildman–Crippen MR) is 60.5 cm³/mol. The first-order valence-corrected chi connectivity index (χ1v) is 5.93. The number of alkyl halides is 3. The Morgan fingerprint density at radius 1 is 1.57 bits per heavy atom. The molecular weight excluding hydrogens is 371 g/mol. The van der Waals surface area contributed by atoms with E-state index in [0.717, 1.165) is 0 Å². The summed E-state index contributed by atoms with van der Waals surface area (Å²) in [4.78, 5) is 3.71. The third kappa shape index (κ3) is 2.60. The second-order valence-corrected chi connectivity index (χ2v) is 4.15. The Morgan fingerprint density at radius 3 is 2.64 bits per heavy atom. The first-order valence-electron chi connectivity index (χ1n) is 3.73. The van der Waals surface area contributed by atoms with Gasteiger partial charge in [0.15, 0.2) is 0 Å². The molecule has 0 aliphatic carbocycles. The lowest BCUT2D eigenvalue weighted by Crippen LogP contribution is -2.02. The van der Waals surface area contributed by atoms with E-state index in [2.05, 4.69) is 20.9 Å². The van der Waals surface area contributed by atoms with Crippen LogP contribution in [0.4, 0.5) is 8.78 Å². The first kappa shape index (κ1) is 12.3. The fraction of sp³-hybridized carbons (Fsp3) is 0.375. The molecule has 0 fully saturated rings. The van der Waals surface area contributed by atoms with Crippen molar-refractivity contribution < 1.29 is 13.9 Å². The van der Waals surface area contributed by atoms with Crippen molar-refractivity contribution in [1.82, 2.24) is 4.98 Å². The van der Waals surface area contributed by atoms with Crippen LogP contribution in [0.3, 0.4) is 0 Å². The lowest BCUT2D eigenvalue weighted by Gasteiger charge is -2.09. The molecule has 78 valence electrons. The molecule has 0 saturated heterocycles. The smallest absolute Gasteiger partial charge is 0.280 e. The van der Waals surface area contributed by atoms with Crippen LogP contribution in [0.2, 0.25) is 0 Å². The fourth-order valence-electron chi connectivity index (χ4n) is 1.01. The zero-order valence-electron chi connectivity index (χ0n) is 6.98. The normalized spacial score (nSPS) is 11.0. The number of hydrogen-bond acceptors (Lipinski definition) is 2. The summed E-state index contributed by atoms with van der Waals surface area (Å²) in [6.07, 6.45) is -2.57. The third-order valence-electron chi connectivity index (χ3n) is 1.71. The summed E-state index contributed by atoms with van der Waals surface area (Å²) in [5, 5.41) is 9.44. The van der Waals surface area contributed by atoms with Gasteiger partial charge in [-0.3, -0.25) is 0 Å². The van der Waals surface area contributed by atoms with Crippen LogP contribution in [0.5, 0.6) is 0 Å². The standard InChI is InChI=1S/C8H7BrF2INO/c9-2-4-1-6(7(10)11)13-8(12)5(4)3-14/h1,7,14H,2-3H2. The largest absolute Gasteiger partial charge is 0.392 e. The van der Waals surface area contributed by atoms with E-state index in [1.54, 1.807) is 0 Å². The Kier molecular flexibility index (Phi) is 4.65. The van der Waals surface area contributed by atoms with Gasteiger partial charge in [0.1, 0.15) is 9.39 Å². The van der Waals surface area contributed by atoms with Gasteiger partial charge in [-0.15, -0.1) is 0 Å². The molecule has 1 aromatic heterocycles. The van der Waals surface area contributed by atoms with Crippen molar-refractivity contribution in [1.29, 1.82) is 0 Å². The molecule has 1 aromatic rings. The molecule has 0 spiro atoms. The molecular formula is C8H7BrF2INO. The van der Waals surface area contributed by atoms with Crippen molar-refractivity contribution in [3.05, 3.63) is 26.6 Å². The predicted octanol–water partition coefficient (Wildman–Crippen LogP) is 3.01. The number of nitrogens with zero attached hydrogens (tertiary/aromatic N) is 1. The van der Waals surface area contributed by atoms with Gasteiger partial charge >= 0.3 is 0 Å². The summed E-state index contributed by atoms with van der Waals surface area (Å²) < 4.78 is 25.1. The maximum atomic E-state index is 12.4. The highest BCUT2D eigenvalue weighted by Crippen LogP contribution is 2.24. The lowest BCUT2D eigenvalue weighted by atomic mass is 10.1. The monoisotopic (exact) mass is 377 g/mol. The van der Waals surface area contributed by atoms with Crippen molar-refractivity contribution in [3.8, 4) is 0 Å². The number of rotatable bonds is 3. The molecule has 0 aliphatic heterocycles. The zero-order chi connectivity index (χ0) is 10.7. The van der Waals surface area contributed by atoms with Crippen molar-refractivity contribution >= 4 is 38.5 Å². The molecule has 1 rings (SSSR count). The molecule has 1 heterocycles. The van der Waals surface area contributed by atoms with Crippen LogP contribution in [0.25, 0.3) is 0 Å². The molecule has 14 heavy (non-hydrogen) atoms. The van der Waals surface area contributed by atoms with E-state index in [0.29, 0.717) is 20.2 Å². The molecule has 1 N–H and O–H groups in total. The van der Waals surface area contributed by atoms with E-state index >= 15 is 0 Å². The minimum atomic E-state index is -2.57. The van der Waals surface area contributed by atoms with Crippen molar-refractivity contribution in [2.24, 2.45) is 0 Å². The number of aliphatic hydroxyl groups is 1. The Morgan fingerprint density at radius 2 is 2.21 bits per heavy atom. The quantitative estimate of drug-likeness (QED) is 0.499. The number of halogens is 4. The molecule has 0 radical (unpaired) electrons. The van der Waals surface area contributed by atoms with Gasteiger partial charge < -0.3 is 5.11 Å². The van der Waals surface area contributed by atoms with Gasteiger partial charge in [0.05, 0.1) is 6.61 Å². The van der Waals surface area contributed by atoms with Crippen LogP contribution < -0.4 is 0 Å². The number of aliphatic hydroxyl groups excluding tert-OH is 1. The van der Waals surface area contributed by atoms with Gasteiger partial charge in [-0.05, 0) is 34.2 Å². The van der Waals surface area contributed by atoms with Crippen LogP contribution in [-0.2, 0) is 11.9 Å². The van der Waals surface area contributed by atoms with Gasteiger partial charge in [-0.25, -0.2) is 13.8 Å². The molecule has 0 saturated carbocycles. The van der Waals surface area contributed by atoms with Crippen LogP contribution >= 0.6 is 38.5 Å². The average molecular weight is 378 g/mol. The summed E-state index contributed by atoms with van der Waals surface area (Å²) in [7, 11) is 0. The maximum Gasteiger partial charge on any atom is 0.280 e. The van der Waals surface area contributed by atoms with Gasteiger partial charge in [0.2, 0.25) is 0 Å². The molecule has 0 unspecified atom stereocenters. The van der Waals surface area contributed by atoms with E-state index in [1.165, 1.54) is 6.07 Å². The highest BCUT2D eigenvalue weighted by Gasteiger charge is 2.14. The van der Waals surface area contributed by atoms with Crippen LogP contribution in [-0.4, -0.2) is 10.1 Å². The molecule has 0 bridgehead atoms. The number of hydrogen-bond donors (Lipinski definition) is 1. The van der Waals surface area contributed by atoms with E-state index in [9.17, 15) is 8.78 Å². The topological polar surface area (TPSA) is 33.1 Å². The molecule has 0 aliphatic rings. The molecule has 0 aromatic carbocycles. The van der Waals surface area contributed by atoms with E-state index in [4.69, 9.17) is 5.11 Å². The van der Waals surface area contributed by atoms with Crippen molar-refractivity contribution in [3.63, 3.8) is 0 Å². The van der Waals surface area contributed by atoms with Crippen LogP contribution in [0, 0.1) is 3.70 Å². The van der Waals surface area contributed by atoms with Crippen LogP contribution in [0.1, 0.15) is 23.2 Å². The molecule has 0 amide bonds. The number of aromatic nitrogens is 1. The first-order chi connectivity index (χ1) is 6.60. The Labute approximate surface area is 102 Å². The van der Waals surface area contributed by atoms with E-state index in [1.807, 2.05) is 22.6 Å². The van der Waals surface area contributed by atoms with Gasteiger partial charge in [0, 0.05) is 10.9 Å². The van der Waals surface area contributed by atoms with Gasteiger partial charge in [-0.2, -0.15) is 0 Å². The molecule has 0 atom stereocenters. The van der Waals surface area contributed by atoms with Crippen molar-refractivity contribution in [2.45, 2.75) is 18.4 Å². The summed E-state index contributed by atoms with van der Waals surface area (Å²) in [6.45, 7) is -0.185. The fourth-order valence-corrected chi connectivity index (χ4v) is 2.30. The van der Waals surface area contributed by atoms with Gasteiger partial charge in [0.25, 0.3) is 6.43 Å². The molecule has 6 heteroatoms. The number of pyridine rings is 1. The van der Waals surface area contributed by atoms with E-state index < -0.39 is 6.43 Å². The maximum absolute atomic E-state index is 12.4. The van der Waals surface area contributed by atoms with E-state index in [-0.39, 0.29) is 12.3 Å². The third-order valence-corrected chi connectivity index (χ3v) is 3.21. The zero-order valence-corrected chi connectivity index (χ0v) is 10.7. The summed E-state index contributed by atoms with van der Waals surface area (Å²) in [5.74, 6) is 0. The second-order valence-electron chi connectivity index (χ2n) is 2.57.